The SMILES string of the molecule is C=O.CC[P+](C)(c1ccccc1)c1ccccc1.CCc1ccc(OCCNC)c(C(=O)Nc2ccc([N+](=O)[O-])cc2CC)c1. The standard InChI is InChI=1S/C20H25N3O4.C15H18P.CH2O/c1-4-14-6-9-19(27-11-10-21-3)17(12-14)20(24)22-18-8-7-16(23(25)26)13-15(18)5-2;1-3-16(2,14-10-6-4-7-11-14)15-12-8-5-9-13-15;1-2/h6-9,12-13,21H,4-5,10-11H2,1-3H3,(H,22,24);4-13H,3H2,1-2H3;1H2/q;+1;. The maximum atomic E-state index is 12.9. The minimum Gasteiger partial charge on any atom is -0.491 e. The topological polar surface area (TPSA) is 111 Å². The molecule has 4 rings (SSSR count). The van der Waals surface area contributed by atoms with Gasteiger partial charge in [-0.25, -0.2) is 0 Å². The first kappa shape index (κ1) is 36.8. The first-order valence-electron chi connectivity index (χ1n) is 15.0. The maximum absolute atomic E-state index is 12.9. The van der Waals surface area contributed by atoms with Crippen LogP contribution >= 0.6 is 7.26 Å². The average molecular weight is 631 g/mol. The number of nitrogens with one attached hydrogen (secondary N) is 2. The summed E-state index contributed by atoms with van der Waals surface area (Å²) < 4.78 is 5.73. The monoisotopic (exact) mass is 630 g/mol. The van der Waals surface area contributed by atoms with Crippen molar-refractivity contribution in [3.63, 3.8) is 0 Å². The van der Waals surface area contributed by atoms with E-state index in [9.17, 15) is 14.9 Å². The molecule has 2 N–H and O–H groups in total. The fraction of sp³-hybridized carbons (Fsp3) is 0.278. The van der Waals surface area contributed by atoms with Crippen molar-refractivity contribution < 1.29 is 19.2 Å². The number of ether oxygens (including phenoxy) is 1. The van der Waals surface area contributed by atoms with E-state index >= 15 is 0 Å². The van der Waals surface area contributed by atoms with Gasteiger partial charge in [-0.05, 0) is 80.4 Å². The molecule has 0 saturated carbocycles. The van der Waals surface area contributed by atoms with E-state index in [1.165, 1.54) is 28.9 Å². The molecule has 0 atom stereocenters. The minimum absolute atomic E-state index is 0.00826. The highest BCUT2D eigenvalue weighted by atomic mass is 31.2. The summed E-state index contributed by atoms with van der Waals surface area (Å²) in [4.78, 5) is 31.4. The third kappa shape index (κ3) is 10.3. The minimum atomic E-state index is -1.15. The summed E-state index contributed by atoms with van der Waals surface area (Å²) in [7, 11) is 0.676. The van der Waals surface area contributed by atoms with E-state index in [0.717, 1.165) is 12.0 Å². The Morgan fingerprint density at radius 2 is 1.47 bits per heavy atom. The molecule has 4 aromatic rings. The van der Waals surface area contributed by atoms with Crippen molar-refractivity contribution in [2.24, 2.45) is 0 Å². The van der Waals surface area contributed by atoms with Gasteiger partial charge in [0.15, 0.2) is 0 Å². The van der Waals surface area contributed by atoms with E-state index in [4.69, 9.17) is 9.53 Å². The third-order valence-electron chi connectivity index (χ3n) is 7.52. The van der Waals surface area contributed by atoms with Gasteiger partial charge in [0.2, 0.25) is 0 Å². The van der Waals surface area contributed by atoms with Crippen molar-refractivity contribution in [3.05, 3.63) is 124 Å². The molecule has 0 fully saturated rings. The second kappa shape index (κ2) is 19.1. The third-order valence-corrected chi connectivity index (χ3v) is 11.7. The zero-order valence-electron chi connectivity index (χ0n) is 26.9. The van der Waals surface area contributed by atoms with Crippen molar-refractivity contribution in [2.45, 2.75) is 33.6 Å². The molecule has 0 aromatic heterocycles. The van der Waals surface area contributed by atoms with Crippen LogP contribution in [0.15, 0.2) is 97.1 Å². The van der Waals surface area contributed by atoms with Crippen LogP contribution in [0.3, 0.4) is 0 Å². The van der Waals surface area contributed by atoms with E-state index < -0.39 is 12.2 Å². The number of rotatable bonds is 12. The second-order valence-electron chi connectivity index (χ2n) is 10.2. The average Bonchev–Trinajstić information content (AvgIpc) is 3.10. The number of non-ortho nitro benzene ring substituents is 1. The Balaban J connectivity index is 0.000000332. The van der Waals surface area contributed by atoms with Gasteiger partial charge in [0, 0.05) is 24.4 Å². The number of carbonyl (C=O) groups is 2. The molecule has 0 radical (unpaired) electrons. The lowest BCUT2D eigenvalue weighted by Crippen LogP contribution is -2.22. The summed E-state index contributed by atoms with van der Waals surface area (Å²) in [5, 5.41) is 19.8. The fourth-order valence-corrected chi connectivity index (χ4v) is 7.38. The van der Waals surface area contributed by atoms with Crippen molar-refractivity contribution >= 4 is 41.9 Å². The summed E-state index contributed by atoms with van der Waals surface area (Å²) in [5.41, 5.74) is 2.76. The number of nitro groups is 1. The van der Waals surface area contributed by atoms with Crippen LogP contribution in [0.2, 0.25) is 0 Å². The molecule has 0 aliphatic rings. The van der Waals surface area contributed by atoms with Gasteiger partial charge in [0.05, 0.1) is 41.2 Å². The largest absolute Gasteiger partial charge is 0.491 e. The van der Waals surface area contributed by atoms with Crippen molar-refractivity contribution in [1.82, 2.24) is 5.32 Å². The van der Waals surface area contributed by atoms with E-state index in [2.05, 4.69) is 84.9 Å². The Morgan fingerprint density at radius 1 is 0.867 bits per heavy atom. The molecule has 4 aromatic carbocycles. The van der Waals surface area contributed by atoms with Gasteiger partial charge in [-0.1, -0.05) is 56.3 Å². The van der Waals surface area contributed by atoms with E-state index in [0.29, 0.717) is 42.1 Å². The predicted molar refractivity (Wildman–Crippen MR) is 188 cm³/mol. The molecule has 0 unspecified atom stereocenters. The molecule has 0 heterocycles. The predicted octanol–water partition coefficient (Wildman–Crippen LogP) is 6.69. The number of amides is 1. The van der Waals surface area contributed by atoms with Gasteiger partial charge < -0.3 is 20.2 Å². The second-order valence-corrected chi connectivity index (χ2v) is 14.3. The Kier molecular flexibility index (Phi) is 15.6. The number of aryl methyl sites for hydroxylation is 2. The molecule has 45 heavy (non-hydrogen) atoms. The summed E-state index contributed by atoms with van der Waals surface area (Å²) in [6.07, 6.45) is 2.59. The quantitative estimate of drug-likeness (QED) is 0.0781. The lowest BCUT2D eigenvalue weighted by Gasteiger charge is -2.21. The van der Waals surface area contributed by atoms with Gasteiger partial charge in [-0.2, -0.15) is 0 Å². The van der Waals surface area contributed by atoms with E-state index in [1.54, 1.807) is 12.1 Å². The van der Waals surface area contributed by atoms with Gasteiger partial charge in [-0.15, -0.1) is 0 Å². The van der Waals surface area contributed by atoms with Crippen LogP contribution < -0.4 is 26.0 Å². The van der Waals surface area contributed by atoms with Crippen LogP contribution in [0, 0.1) is 10.1 Å². The highest BCUT2D eigenvalue weighted by molar-refractivity contribution is 7.88. The highest BCUT2D eigenvalue weighted by Crippen LogP contribution is 2.51. The Labute approximate surface area is 267 Å². The van der Waals surface area contributed by atoms with Crippen molar-refractivity contribution in [3.8, 4) is 5.75 Å². The molecular weight excluding hydrogens is 585 g/mol. The van der Waals surface area contributed by atoms with Crippen LogP contribution in [0.1, 0.15) is 42.3 Å². The maximum Gasteiger partial charge on any atom is 0.269 e. The molecule has 0 spiro atoms. The normalized spacial score (nSPS) is 10.4. The number of benzene rings is 4. The Morgan fingerprint density at radius 3 is 1.96 bits per heavy atom. The number of nitrogens with zero attached hydrogens (tertiary/aromatic N) is 1. The summed E-state index contributed by atoms with van der Waals surface area (Å²) in [5.74, 6) is 0.216. The van der Waals surface area contributed by atoms with Crippen LogP contribution in [0.4, 0.5) is 11.4 Å². The number of anilines is 1. The van der Waals surface area contributed by atoms with E-state index in [1.807, 2.05) is 39.8 Å². The highest BCUT2D eigenvalue weighted by Gasteiger charge is 2.34. The molecular formula is C36H45N3O5P+. The molecule has 238 valence electrons. The lowest BCUT2D eigenvalue weighted by molar-refractivity contribution is -0.384. The lowest BCUT2D eigenvalue weighted by atomic mass is 10.1. The fourth-order valence-electron chi connectivity index (χ4n) is 4.69. The number of likely N-dealkylation sites (N-methyl/N-ethyl adjacent to an activating group) is 1. The molecule has 0 aliphatic carbocycles. The van der Waals surface area contributed by atoms with Gasteiger partial charge in [-0.3, -0.25) is 14.9 Å². The van der Waals surface area contributed by atoms with Crippen LogP contribution in [0.5, 0.6) is 5.75 Å². The van der Waals surface area contributed by atoms with Crippen LogP contribution in [-0.4, -0.2) is 50.6 Å². The Bertz CT molecular complexity index is 1460. The van der Waals surface area contributed by atoms with Crippen molar-refractivity contribution in [1.29, 1.82) is 0 Å². The molecule has 8 nitrogen and oxygen atoms in total. The molecule has 0 aliphatic heterocycles. The number of nitro benzene ring substituents is 1. The first-order chi connectivity index (χ1) is 21.8. The smallest absolute Gasteiger partial charge is 0.269 e. The summed E-state index contributed by atoms with van der Waals surface area (Å²) >= 11 is 0. The first-order valence-corrected chi connectivity index (χ1v) is 17.4. The number of hydrogen-bond donors (Lipinski definition) is 2. The van der Waals surface area contributed by atoms with Crippen molar-refractivity contribution in [2.75, 3.05) is 38.3 Å². The van der Waals surface area contributed by atoms with Gasteiger partial charge in [0.1, 0.15) is 19.1 Å². The van der Waals surface area contributed by atoms with E-state index in [-0.39, 0.29) is 11.6 Å². The Hall–Kier alpha value is -4.39. The number of carbonyl (C=O) groups excluding carboxylic acids is 2. The molecule has 0 bridgehead atoms. The van der Waals surface area contributed by atoms with Crippen LogP contribution in [-0.2, 0) is 17.6 Å². The van der Waals surface area contributed by atoms with Gasteiger partial charge >= 0.3 is 0 Å². The van der Waals surface area contributed by atoms with Crippen LogP contribution in [0.25, 0.3) is 0 Å². The zero-order valence-corrected chi connectivity index (χ0v) is 27.8. The molecule has 1 amide bonds. The molecule has 0 saturated heterocycles. The van der Waals surface area contributed by atoms with Gasteiger partial charge in [0.25, 0.3) is 11.6 Å². The molecule has 9 heteroatoms. The number of hydrogen-bond acceptors (Lipinski definition) is 6. The summed E-state index contributed by atoms with van der Waals surface area (Å²) in [6, 6.07) is 31.8. The zero-order chi connectivity index (χ0) is 33.2. The summed E-state index contributed by atoms with van der Waals surface area (Å²) in [6.45, 7) is 11.7.